The van der Waals surface area contributed by atoms with Gasteiger partial charge in [-0.1, -0.05) is 26.0 Å². The summed E-state index contributed by atoms with van der Waals surface area (Å²) in [4.78, 5) is 4.10. The van der Waals surface area contributed by atoms with Crippen molar-refractivity contribution in [2.75, 3.05) is 0 Å². The zero-order valence-electron chi connectivity index (χ0n) is 8.61. The van der Waals surface area contributed by atoms with Crippen LogP contribution in [0.3, 0.4) is 0 Å². The molecule has 0 aliphatic rings. The molecule has 1 aromatic heterocycles. The summed E-state index contributed by atoms with van der Waals surface area (Å²) >= 11 is -2.43. The molecule has 0 aliphatic carbocycles. The Morgan fingerprint density at radius 1 is 1.27 bits per heavy atom. The van der Waals surface area contributed by atoms with Crippen molar-refractivity contribution in [3.05, 3.63) is 36.7 Å². The second-order valence-electron chi connectivity index (χ2n) is 2.58. The Balaban J connectivity index is 0.000000531. The Labute approximate surface area is 90.9 Å². The summed E-state index contributed by atoms with van der Waals surface area (Å²) in [6.45, 7) is 4.00. The minimum atomic E-state index is -2.43. The first kappa shape index (κ1) is 11.8. The third-order valence-electron chi connectivity index (χ3n) is 1.81. The van der Waals surface area contributed by atoms with Crippen molar-refractivity contribution in [2.24, 2.45) is 0 Å². The summed E-state index contributed by atoms with van der Waals surface area (Å²) in [6, 6.07) is 6.64. The molecule has 0 aliphatic heterocycles. The molecule has 0 saturated heterocycles. The molecule has 1 heterocycles. The average Bonchev–Trinajstić information content (AvgIpc) is 2.31. The topological polar surface area (TPSA) is 30.0 Å². The quantitative estimate of drug-likeness (QED) is 0.697. The number of nitrogens with zero attached hydrogens (tertiary/aromatic N) is 1. The van der Waals surface area contributed by atoms with Crippen LogP contribution in [0.25, 0.3) is 10.8 Å². The van der Waals surface area contributed by atoms with Crippen molar-refractivity contribution in [3.63, 3.8) is 0 Å². The Morgan fingerprint density at radius 2 is 2.00 bits per heavy atom. The van der Waals surface area contributed by atoms with E-state index in [1.807, 2.05) is 13.8 Å². The van der Waals surface area contributed by atoms with Crippen LogP contribution in [-0.2, 0) is 11.2 Å². The molecule has 1 unspecified atom stereocenters. The molecule has 0 amide bonds. The van der Waals surface area contributed by atoms with Gasteiger partial charge in [0.25, 0.3) is 0 Å². The number of pyridine rings is 1. The van der Waals surface area contributed by atoms with Crippen LogP contribution in [0.15, 0.2) is 41.6 Å². The van der Waals surface area contributed by atoms with Gasteiger partial charge in [0.15, 0.2) is 0 Å². The van der Waals surface area contributed by atoms with Crippen LogP contribution in [0.4, 0.5) is 3.89 Å². The second-order valence-corrected chi connectivity index (χ2v) is 3.46. The van der Waals surface area contributed by atoms with E-state index in [0.717, 1.165) is 5.39 Å². The van der Waals surface area contributed by atoms with Gasteiger partial charge in [-0.15, -0.1) is 3.89 Å². The van der Waals surface area contributed by atoms with E-state index in [2.05, 4.69) is 4.98 Å². The highest BCUT2D eigenvalue weighted by atomic mass is 32.2. The fraction of sp³-hybridized carbons (Fsp3) is 0.182. The van der Waals surface area contributed by atoms with Crippen LogP contribution in [0.2, 0.25) is 0 Å². The van der Waals surface area contributed by atoms with Crippen LogP contribution in [0.5, 0.6) is 0 Å². The summed E-state index contributed by atoms with van der Waals surface area (Å²) in [5.74, 6) is 0. The summed E-state index contributed by atoms with van der Waals surface area (Å²) in [5.41, 5.74) is 0. The largest absolute Gasteiger partial charge is 0.264 e. The fourth-order valence-corrected chi connectivity index (χ4v) is 1.78. The Bertz CT molecular complexity index is 468. The number of hydrogen-bond acceptors (Lipinski definition) is 2. The van der Waals surface area contributed by atoms with Crippen LogP contribution in [0.1, 0.15) is 13.8 Å². The summed E-state index contributed by atoms with van der Waals surface area (Å²) in [5, 5.41) is 1.45. The summed E-state index contributed by atoms with van der Waals surface area (Å²) in [6.07, 6.45) is 3.17. The molecule has 4 heteroatoms. The molecule has 0 bridgehead atoms. The van der Waals surface area contributed by atoms with E-state index in [1.165, 1.54) is 6.07 Å². The van der Waals surface area contributed by atoms with Crippen LogP contribution in [0, 0.1) is 0 Å². The molecule has 2 aromatic rings. The van der Waals surface area contributed by atoms with Crippen molar-refractivity contribution in [1.29, 1.82) is 0 Å². The molecule has 1 atom stereocenters. The maximum absolute atomic E-state index is 12.6. The van der Waals surface area contributed by atoms with Crippen molar-refractivity contribution in [1.82, 2.24) is 4.98 Å². The maximum Gasteiger partial charge on any atom is 0.231 e. The second kappa shape index (κ2) is 5.56. The lowest BCUT2D eigenvalue weighted by Gasteiger charge is -1.99. The van der Waals surface area contributed by atoms with E-state index in [-0.39, 0.29) is 4.90 Å². The van der Waals surface area contributed by atoms with Crippen molar-refractivity contribution < 1.29 is 8.09 Å². The van der Waals surface area contributed by atoms with Crippen LogP contribution >= 0.6 is 0 Å². The molecule has 80 valence electrons. The van der Waals surface area contributed by atoms with Crippen LogP contribution < -0.4 is 0 Å². The lowest BCUT2D eigenvalue weighted by Crippen LogP contribution is -1.85. The first-order chi connectivity index (χ1) is 7.29. The molecule has 0 radical (unpaired) electrons. The highest BCUT2D eigenvalue weighted by Crippen LogP contribution is 2.20. The number of benzene rings is 1. The summed E-state index contributed by atoms with van der Waals surface area (Å²) in [7, 11) is 0. The molecule has 0 saturated carbocycles. The SMILES string of the molecule is CC.O=S(F)c1cccc2cnccc12. The van der Waals surface area contributed by atoms with Crippen LogP contribution in [-0.4, -0.2) is 9.19 Å². The smallest absolute Gasteiger partial charge is 0.231 e. The highest BCUT2D eigenvalue weighted by Gasteiger charge is 2.05. The highest BCUT2D eigenvalue weighted by molar-refractivity contribution is 7.80. The molecule has 0 N–H and O–H groups in total. The first-order valence-electron chi connectivity index (χ1n) is 4.70. The van der Waals surface area contributed by atoms with E-state index >= 15 is 0 Å². The number of halogens is 1. The number of fused-ring (bicyclic) bond motifs is 1. The monoisotopic (exact) mass is 225 g/mol. The minimum Gasteiger partial charge on any atom is -0.264 e. The Kier molecular flexibility index (Phi) is 4.37. The van der Waals surface area contributed by atoms with E-state index in [9.17, 15) is 8.09 Å². The predicted molar refractivity (Wildman–Crippen MR) is 60.6 cm³/mol. The zero-order valence-corrected chi connectivity index (χ0v) is 9.42. The maximum atomic E-state index is 12.6. The molecule has 0 spiro atoms. The fourth-order valence-electron chi connectivity index (χ4n) is 1.23. The van der Waals surface area contributed by atoms with Gasteiger partial charge in [-0.3, -0.25) is 4.98 Å². The summed E-state index contributed by atoms with van der Waals surface area (Å²) < 4.78 is 23.3. The Morgan fingerprint density at radius 3 is 2.67 bits per heavy atom. The molecule has 15 heavy (non-hydrogen) atoms. The number of aromatic nitrogens is 1. The molecular formula is C11H12FNOS. The van der Waals surface area contributed by atoms with E-state index in [1.54, 1.807) is 30.6 Å². The van der Waals surface area contributed by atoms with E-state index in [4.69, 9.17) is 0 Å². The number of hydrogen-bond donors (Lipinski definition) is 0. The molecular weight excluding hydrogens is 213 g/mol. The first-order valence-corrected chi connectivity index (χ1v) is 5.75. The standard InChI is InChI=1S/C9H6FNOS.C2H6/c10-13(12)9-3-1-2-7-6-11-5-4-8(7)9;1-2/h1-6H;1-2H3. The normalized spacial score (nSPS) is 11.7. The zero-order chi connectivity index (χ0) is 11.3. The number of rotatable bonds is 1. The van der Waals surface area contributed by atoms with E-state index in [0.29, 0.717) is 5.39 Å². The van der Waals surface area contributed by atoms with Crippen molar-refractivity contribution in [3.8, 4) is 0 Å². The molecule has 2 rings (SSSR count). The van der Waals surface area contributed by atoms with Gasteiger partial charge in [0.05, 0.1) is 4.90 Å². The van der Waals surface area contributed by atoms with Gasteiger partial charge in [0, 0.05) is 23.2 Å². The van der Waals surface area contributed by atoms with Gasteiger partial charge in [0.1, 0.15) is 0 Å². The van der Waals surface area contributed by atoms with Gasteiger partial charge < -0.3 is 0 Å². The Hall–Kier alpha value is -1.29. The molecule has 0 fully saturated rings. The average molecular weight is 225 g/mol. The van der Waals surface area contributed by atoms with Gasteiger partial charge in [-0.05, 0) is 12.1 Å². The minimum absolute atomic E-state index is 0.208. The van der Waals surface area contributed by atoms with Gasteiger partial charge in [0.2, 0.25) is 11.2 Å². The van der Waals surface area contributed by atoms with Crippen molar-refractivity contribution >= 4 is 22.0 Å². The lowest BCUT2D eigenvalue weighted by atomic mass is 10.2. The van der Waals surface area contributed by atoms with Crippen molar-refractivity contribution in [2.45, 2.75) is 18.7 Å². The van der Waals surface area contributed by atoms with Gasteiger partial charge >= 0.3 is 0 Å². The van der Waals surface area contributed by atoms with Gasteiger partial charge in [-0.25, -0.2) is 4.21 Å². The van der Waals surface area contributed by atoms with Gasteiger partial charge in [-0.2, -0.15) is 0 Å². The van der Waals surface area contributed by atoms with E-state index < -0.39 is 11.2 Å². The molecule has 1 aromatic carbocycles. The predicted octanol–water partition coefficient (Wildman–Crippen LogP) is 3.25. The lowest BCUT2D eigenvalue weighted by molar-refractivity contribution is 0.650. The third-order valence-corrected chi connectivity index (χ3v) is 2.52. The molecule has 2 nitrogen and oxygen atoms in total. The third kappa shape index (κ3) is 2.59.